The Morgan fingerprint density at radius 1 is 0.800 bits per heavy atom. The van der Waals surface area contributed by atoms with E-state index in [2.05, 4.69) is 16.0 Å². The number of amides is 3. The van der Waals surface area contributed by atoms with Crippen LogP contribution in [-0.2, 0) is 38.6 Å². The Bertz CT molecular complexity index is 1530. The van der Waals surface area contributed by atoms with Crippen LogP contribution in [0.3, 0.4) is 0 Å². The zero-order valence-electron chi connectivity index (χ0n) is 30.3. The first kappa shape index (κ1) is 39.7. The van der Waals surface area contributed by atoms with Crippen molar-refractivity contribution >= 4 is 23.7 Å². The van der Waals surface area contributed by atoms with Crippen molar-refractivity contribution in [3.05, 3.63) is 101 Å². The molecule has 0 bridgehead atoms. The van der Waals surface area contributed by atoms with E-state index in [1.165, 1.54) is 0 Å². The number of rotatable bonds is 19. The van der Waals surface area contributed by atoms with Gasteiger partial charge >= 0.3 is 6.09 Å². The van der Waals surface area contributed by atoms with E-state index >= 15 is 0 Å². The van der Waals surface area contributed by atoms with Gasteiger partial charge in [-0.3, -0.25) is 14.4 Å². The normalized spacial score (nSPS) is 13.1. The number of aryl methyl sites for hydroxylation is 2. The molecule has 0 spiro atoms. The Kier molecular flexibility index (Phi) is 15.5. The number of carbonyl (C=O) groups excluding carboxylic acids is 4. The topological polar surface area (TPSA) is 149 Å². The maximum absolute atomic E-state index is 14.1. The molecule has 50 heavy (non-hydrogen) atoms. The molecule has 3 amide bonds. The number of benzene rings is 3. The molecule has 0 aliphatic rings. The number of ketones is 1. The number of carbonyl (C=O) groups is 4. The van der Waals surface area contributed by atoms with E-state index in [9.17, 15) is 19.2 Å². The van der Waals surface area contributed by atoms with Gasteiger partial charge in [0.15, 0.2) is 5.78 Å². The van der Waals surface area contributed by atoms with Crippen LogP contribution < -0.4 is 26.4 Å². The van der Waals surface area contributed by atoms with Crippen molar-refractivity contribution in [1.29, 1.82) is 0 Å². The number of nitrogens with two attached hydrogens (primary N) is 1. The lowest BCUT2D eigenvalue weighted by molar-refractivity contribution is -0.132. The molecule has 270 valence electrons. The predicted molar refractivity (Wildman–Crippen MR) is 196 cm³/mol. The van der Waals surface area contributed by atoms with Gasteiger partial charge < -0.3 is 31.2 Å². The smallest absolute Gasteiger partial charge is 0.408 e. The van der Waals surface area contributed by atoms with Gasteiger partial charge in [-0.2, -0.15) is 0 Å². The summed E-state index contributed by atoms with van der Waals surface area (Å²) in [5.74, 6) is -1.43. The number of hydrogen-bond donors (Lipinski definition) is 4. The van der Waals surface area contributed by atoms with Crippen LogP contribution in [0.4, 0.5) is 4.79 Å². The first-order chi connectivity index (χ1) is 23.8. The van der Waals surface area contributed by atoms with Crippen LogP contribution >= 0.6 is 0 Å². The standard InChI is InChI=1S/C40H54N4O6/c1-27-21-32(49-26-30-17-11-8-12-18-30)22-28(2)33(27)25-34(44-39(48)50-40(3,4)5)36(45)24-31(19-13-14-20-42-6)38(47)43-35(37(41)46)23-29-15-9-7-10-16-29/h7-12,15-18,21-22,31,34-35,42H,13-14,19-20,23-26H2,1-6H3,(H2,41,46)(H,43,47)(H,44,48)/t31-,34+,35+/m1/s1. The molecule has 0 heterocycles. The maximum atomic E-state index is 14.1. The van der Waals surface area contributed by atoms with E-state index in [4.69, 9.17) is 15.2 Å². The van der Waals surface area contributed by atoms with Crippen LogP contribution in [0.2, 0.25) is 0 Å². The van der Waals surface area contributed by atoms with Gasteiger partial charge in [0.05, 0.1) is 6.04 Å². The highest BCUT2D eigenvalue weighted by Gasteiger charge is 2.31. The van der Waals surface area contributed by atoms with E-state index in [0.717, 1.165) is 40.8 Å². The summed E-state index contributed by atoms with van der Waals surface area (Å²) >= 11 is 0. The van der Waals surface area contributed by atoms with E-state index < -0.39 is 41.5 Å². The molecule has 0 saturated heterocycles. The number of Topliss-reactive ketones (excluding diaryl/α,β-unsaturated/α-hetero) is 1. The number of nitrogens with one attached hydrogen (secondary N) is 3. The Morgan fingerprint density at radius 2 is 1.40 bits per heavy atom. The molecule has 10 nitrogen and oxygen atoms in total. The second-order valence-electron chi connectivity index (χ2n) is 13.8. The summed E-state index contributed by atoms with van der Waals surface area (Å²) in [5, 5.41) is 8.71. The first-order valence-corrected chi connectivity index (χ1v) is 17.3. The molecule has 0 aliphatic carbocycles. The van der Waals surface area contributed by atoms with E-state index in [0.29, 0.717) is 25.2 Å². The van der Waals surface area contributed by atoms with Crippen molar-refractivity contribution in [3.63, 3.8) is 0 Å². The summed E-state index contributed by atoms with van der Waals surface area (Å²) in [7, 11) is 1.85. The second kappa shape index (κ2) is 19.5. The van der Waals surface area contributed by atoms with Crippen LogP contribution in [0.15, 0.2) is 72.8 Å². The SMILES string of the molecule is CNCCCC[C@H](CC(=O)[C@H](Cc1c(C)cc(OCc2ccccc2)cc1C)NC(=O)OC(C)(C)C)C(=O)N[C@@H](Cc1ccccc1)C(N)=O. The third-order valence-corrected chi connectivity index (χ3v) is 8.40. The van der Waals surface area contributed by atoms with Crippen LogP contribution in [0.5, 0.6) is 5.75 Å². The Morgan fingerprint density at radius 3 is 1.96 bits per heavy atom. The molecule has 3 aromatic carbocycles. The van der Waals surface area contributed by atoms with E-state index in [1.54, 1.807) is 20.8 Å². The summed E-state index contributed by atoms with van der Waals surface area (Å²) < 4.78 is 11.6. The average molecular weight is 687 g/mol. The van der Waals surface area contributed by atoms with E-state index in [-0.39, 0.29) is 25.0 Å². The monoisotopic (exact) mass is 686 g/mol. The highest BCUT2D eigenvalue weighted by atomic mass is 16.6. The minimum Gasteiger partial charge on any atom is -0.489 e. The fourth-order valence-electron chi connectivity index (χ4n) is 5.76. The Balaban J connectivity index is 1.84. The number of hydrogen-bond acceptors (Lipinski definition) is 7. The molecule has 0 unspecified atom stereocenters. The Hall–Kier alpha value is -4.70. The highest BCUT2D eigenvalue weighted by Crippen LogP contribution is 2.26. The van der Waals surface area contributed by atoms with Crippen molar-refractivity contribution in [1.82, 2.24) is 16.0 Å². The third kappa shape index (κ3) is 13.7. The van der Waals surface area contributed by atoms with Gasteiger partial charge in [0, 0.05) is 25.2 Å². The van der Waals surface area contributed by atoms with Gasteiger partial charge in [0.2, 0.25) is 11.8 Å². The molecule has 3 rings (SSSR count). The Labute approximate surface area is 296 Å². The molecule has 5 N–H and O–H groups in total. The number of primary amides is 1. The molecule has 3 atom stereocenters. The molecule has 0 radical (unpaired) electrons. The highest BCUT2D eigenvalue weighted by molar-refractivity contribution is 5.93. The molecule has 0 fully saturated rings. The predicted octanol–water partition coefficient (Wildman–Crippen LogP) is 5.50. The minimum absolute atomic E-state index is 0.140. The summed E-state index contributed by atoms with van der Waals surface area (Å²) in [4.78, 5) is 53.3. The fraction of sp³-hybridized carbons (Fsp3) is 0.450. The van der Waals surface area contributed by atoms with Gasteiger partial charge in [-0.25, -0.2) is 4.79 Å². The van der Waals surface area contributed by atoms with Crippen molar-refractivity contribution in [3.8, 4) is 5.75 Å². The summed E-state index contributed by atoms with van der Waals surface area (Å²) in [5.41, 5.74) is 9.52. The van der Waals surface area contributed by atoms with Gasteiger partial charge in [-0.05, 0) is 101 Å². The lowest BCUT2D eigenvalue weighted by Gasteiger charge is -2.26. The molecular formula is C40H54N4O6. The van der Waals surface area contributed by atoms with Crippen LogP contribution in [0.25, 0.3) is 0 Å². The molecule has 0 saturated carbocycles. The summed E-state index contributed by atoms with van der Waals surface area (Å²) in [6.45, 7) is 10.3. The zero-order chi connectivity index (χ0) is 36.7. The minimum atomic E-state index is -0.970. The maximum Gasteiger partial charge on any atom is 0.408 e. The molecule has 10 heteroatoms. The number of unbranched alkanes of at least 4 members (excludes halogenated alkanes) is 1. The van der Waals surface area contributed by atoms with Crippen molar-refractivity contribution in [2.24, 2.45) is 11.7 Å². The van der Waals surface area contributed by atoms with Crippen molar-refractivity contribution in [2.45, 2.75) is 97.4 Å². The quantitative estimate of drug-likeness (QED) is 0.122. The van der Waals surface area contributed by atoms with Gasteiger partial charge in [-0.1, -0.05) is 67.1 Å². The molecule has 0 aliphatic heterocycles. The summed E-state index contributed by atoms with van der Waals surface area (Å²) in [6.07, 6.45) is 1.46. The van der Waals surface area contributed by atoms with Gasteiger partial charge in [-0.15, -0.1) is 0 Å². The van der Waals surface area contributed by atoms with Crippen LogP contribution in [-0.4, -0.2) is 55.0 Å². The van der Waals surface area contributed by atoms with Crippen molar-refractivity contribution < 1.29 is 28.7 Å². The summed E-state index contributed by atoms with van der Waals surface area (Å²) in [6, 6.07) is 21.1. The number of alkyl carbamates (subject to hydrolysis) is 1. The lowest BCUT2D eigenvalue weighted by Crippen LogP contribution is -2.49. The first-order valence-electron chi connectivity index (χ1n) is 17.3. The largest absolute Gasteiger partial charge is 0.489 e. The van der Waals surface area contributed by atoms with Gasteiger partial charge in [0.1, 0.15) is 24.0 Å². The zero-order valence-corrected chi connectivity index (χ0v) is 30.3. The van der Waals surface area contributed by atoms with Crippen molar-refractivity contribution in [2.75, 3.05) is 13.6 Å². The molecule has 0 aromatic heterocycles. The molecular weight excluding hydrogens is 632 g/mol. The number of ether oxygens (including phenoxy) is 2. The van der Waals surface area contributed by atoms with Crippen LogP contribution in [0.1, 0.15) is 74.3 Å². The fourth-order valence-corrected chi connectivity index (χ4v) is 5.76. The average Bonchev–Trinajstić information content (AvgIpc) is 3.05. The van der Waals surface area contributed by atoms with Gasteiger partial charge in [0.25, 0.3) is 0 Å². The third-order valence-electron chi connectivity index (χ3n) is 8.40. The van der Waals surface area contributed by atoms with E-state index in [1.807, 2.05) is 93.7 Å². The molecule has 3 aromatic rings. The lowest BCUT2D eigenvalue weighted by atomic mass is 9.88. The second-order valence-corrected chi connectivity index (χ2v) is 13.8. The van der Waals surface area contributed by atoms with Crippen LogP contribution in [0, 0.1) is 19.8 Å².